The molecule has 0 aromatic heterocycles. The molecule has 23 heavy (non-hydrogen) atoms. The summed E-state index contributed by atoms with van der Waals surface area (Å²) in [6, 6.07) is 5.43. The Hall–Kier alpha value is -3.09. The van der Waals surface area contributed by atoms with Crippen LogP contribution in [0.15, 0.2) is 24.3 Å². The monoisotopic (exact) mass is 318 g/mol. The molecule has 1 heterocycles. The van der Waals surface area contributed by atoms with E-state index in [1.54, 1.807) is 0 Å². The minimum atomic E-state index is -0.699. The zero-order valence-corrected chi connectivity index (χ0v) is 12.1. The summed E-state index contributed by atoms with van der Waals surface area (Å²) in [5.74, 6) is -2.08. The molecule has 0 fully saturated rings. The van der Waals surface area contributed by atoms with Gasteiger partial charge in [-0.1, -0.05) is 6.07 Å². The number of carbonyl (C=O) groups is 1. The van der Waals surface area contributed by atoms with E-state index in [9.17, 15) is 25.2 Å². The summed E-state index contributed by atoms with van der Waals surface area (Å²) in [4.78, 5) is 12.3. The number of hydrogen-bond donors (Lipinski definition) is 4. The maximum Gasteiger partial charge on any atom is 0.201 e. The molecule has 2 aromatic carbocycles. The Kier molecular flexibility index (Phi) is 3.40. The Balaban J connectivity index is 2.04. The molecule has 120 valence electrons. The zero-order chi connectivity index (χ0) is 16.7. The first-order chi connectivity index (χ1) is 10.9. The summed E-state index contributed by atoms with van der Waals surface area (Å²) >= 11 is 0. The number of carbonyl (C=O) groups excluding carboxylic acids is 1. The molecule has 0 spiro atoms. The third kappa shape index (κ3) is 2.36. The lowest BCUT2D eigenvalue weighted by molar-refractivity contribution is 0.0842. The lowest BCUT2D eigenvalue weighted by Crippen LogP contribution is -2.20. The molecule has 2 aromatic rings. The predicted molar refractivity (Wildman–Crippen MR) is 78.4 cm³/mol. The number of hydrogen-bond acceptors (Lipinski definition) is 7. The fraction of sp³-hybridized carbons (Fsp3) is 0.188. The van der Waals surface area contributed by atoms with Crippen LogP contribution in [0.2, 0.25) is 0 Å². The summed E-state index contributed by atoms with van der Waals surface area (Å²) in [6.45, 7) is 0. The smallest absolute Gasteiger partial charge is 0.201 e. The van der Waals surface area contributed by atoms with E-state index in [-0.39, 0.29) is 35.0 Å². The lowest BCUT2D eigenvalue weighted by atomic mass is 9.95. The molecule has 1 aliphatic heterocycles. The van der Waals surface area contributed by atoms with Gasteiger partial charge in [-0.05, 0) is 17.7 Å². The highest BCUT2D eigenvalue weighted by Gasteiger charge is 2.33. The van der Waals surface area contributed by atoms with E-state index in [2.05, 4.69) is 0 Å². The fourth-order valence-electron chi connectivity index (χ4n) is 2.52. The molecule has 3 rings (SSSR count). The number of ketones is 1. The molecular weight excluding hydrogens is 304 g/mol. The average Bonchev–Trinajstić information content (AvgIpc) is 2.52. The van der Waals surface area contributed by atoms with Crippen LogP contribution in [0.3, 0.4) is 0 Å². The molecule has 7 nitrogen and oxygen atoms in total. The van der Waals surface area contributed by atoms with Gasteiger partial charge in [0.05, 0.1) is 13.5 Å². The van der Waals surface area contributed by atoms with Gasteiger partial charge < -0.3 is 29.9 Å². The van der Waals surface area contributed by atoms with Crippen LogP contribution in [0, 0.1) is 0 Å². The molecule has 7 heteroatoms. The molecule has 0 radical (unpaired) electrons. The summed E-state index contributed by atoms with van der Waals surface area (Å²) in [5, 5.41) is 38.7. The lowest BCUT2D eigenvalue weighted by Gasteiger charge is -2.27. The Labute approximate surface area is 131 Å². The maximum absolute atomic E-state index is 12.3. The standard InChI is InChI=1S/C16H14O7/c1-22-13-6-12-14(16(21)15(13)20)10(19)5-11(23-12)7-2-3-8(17)9(18)4-7/h2-4,6,11,17-18,20-21H,5H2,1H3/t11-/m1/s1. The summed E-state index contributed by atoms with van der Waals surface area (Å²) < 4.78 is 10.6. The molecule has 0 unspecified atom stereocenters. The van der Waals surface area contributed by atoms with Crippen LogP contribution in [0.5, 0.6) is 34.5 Å². The van der Waals surface area contributed by atoms with Gasteiger partial charge >= 0.3 is 0 Å². The highest BCUT2D eigenvalue weighted by molar-refractivity contribution is 6.03. The molecular formula is C16H14O7. The Bertz CT molecular complexity index is 798. The van der Waals surface area contributed by atoms with E-state index in [0.717, 1.165) is 0 Å². The predicted octanol–water partition coefficient (Wildman–Crippen LogP) is 2.22. The van der Waals surface area contributed by atoms with Crippen LogP contribution in [0.4, 0.5) is 0 Å². The van der Waals surface area contributed by atoms with E-state index in [1.807, 2.05) is 0 Å². The van der Waals surface area contributed by atoms with Crippen molar-refractivity contribution in [1.82, 2.24) is 0 Å². The van der Waals surface area contributed by atoms with Crippen LogP contribution in [0.1, 0.15) is 28.4 Å². The molecule has 0 bridgehead atoms. The summed E-state index contributed by atoms with van der Waals surface area (Å²) in [5.41, 5.74) is 0.383. The Morgan fingerprint density at radius 1 is 1.09 bits per heavy atom. The molecule has 4 N–H and O–H groups in total. The third-order valence-electron chi connectivity index (χ3n) is 3.71. The van der Waals surface area contributed by atoms with E-state index in [1.165, 1.54) is 31.4 Å². The van der Waals surface area contributed by atoms with Gasteiger partial charge in [0.1, 0.15) is 17.4 Å². The van der Waals surface area contributed by atoms with Crippen LogP contribution >= 0.6 is 0 Å². The minimum Gasteiger partial charge on any atom is -0.504 e. The van der Waals surface area contributed by atoms with Crippen molar-refractivity contribution in [1.29, 1.82) is 0 Å². The quantitative estimate of drug-likeness (QED) is 0.627. The summed E-state index contributed by atoms with van der Waals surface area (Å²) in [6.07, 6.45) is -0.786. The van der Waals surface area contributed by atoms with Crippen molar-refractivity contribution in [2.75, 3.05) is 7.11 Å². The van der Waals surface area contributed by atoms with Crippen LogP contribution in [-0.4, -0.2) is 33.3 Å². The maximum atomic E-state index is 12.3. The fourth-order valence-corrected chi connectivity index (χ4v) is 2.52. The van der Waals surface area contributed by atoms with Crippen molar-refractivity contribution in [3.8, 4) is 34.5 Å². The van der Waals surface area contributed by atoms with Gasteiger partial charge in [0.2, 0.25) is 5.75 Å². The van der Waals surface area contributed by atoms with Crippen molar-refractivity contribution in [2.45, 2.75) is 12.5 Å². The van der Waals surface area contributed by atoms with Crippen molar-refractivity contribution in [2.24, 2.45) is 0 Å². The van der Waals surface area contributed by atoms with Gasteiger partial charge in [-0.15, -0.1) is 0 Å². The number of ether oxygens (including phenoxy) is 2. The number of Topliss-reactive ketones (excluding diaryl/α,β-unsaturated/α-hetero) is 1. The van der Waals surface area contributed by atoms with E-state index < -0.39 is 23.4 Å². The number of phenols is 4. The first kappa shape index (κ1) is 14.8. The van der Waals surface area contributed by atoms with E-state index in [0.29, 0.717) is 5.56 Å². The van der Waals surface area contributed by atoms with Crippen molar-refractivity contribution < 1.29 is 34.7 Å². The summed E-state index contributed by atoms with van der Waals surface area (Å²) in [7, 11) is 1.31. The first-order valence-corrected chi connectivity index (χ1v) is 6.77. The molecule has 1 aliphatic rings. The molecule has 1 atom stereocenters. The first-order valence-electron chi connectivity index (χ1n) is 6.77. The van der Waals surface area contributed by atoms with Gasteiger partial charge in [0.25, 0.3) is 0 Å². The van der Waals surface area contributed by atoms with Gasteiger partial charge in [0.15, 0.2) is 28.8 Å². The van der Waals surface area contributed by atoms with Gasteiger partial charge in [-0.2, -0.15) is 0 Å². The van der Waals surface area contributed by atoms with Crippen molar-refractivity contribution in [3.05, 3.63) is 35.4 Å². The number of rotatable bonds is 2. The largest absolute Gasteiger partial charge is 0.504 e. The van der Waals surface area contributed by atoms with E-state index in [4.69, 9.17) is 9.47 Å². The second kappa shape index (κ2) is 5.28. The highest BCUT2D eigenvalue weighted by Crippen LogP contribution is 2.48. The number of fused-ring (bicyclic) bond motifs is 1. The van der Waals surface area contributed by atoms with Crippen LogP contribution in [-0.2, 0) is 0 Å². The van der Waals surface area contributed by atoms with Crippen LogP contribution in [0.25, 0.3) is 0 Å². The molecule has 0 amide bonds. The average molecular weight is 318 g/mol. The topological polar surface area (TPSA) is 116 Å². The van der Waals surface area contributed by atoms with Gasteiger partial charge in [-0.25, -0.2) is 0 Å². The Morgan fingerprint density at radius 2 is 1.83 bits per heavy atom. The second-order valence-electron chi connectivity index (χ2n) is 5.13. The van der Waals surface area contributed by atoms with Gasteiger partial charge in [0, 0.05) is 6.07 Å². The van der Waals surface area contributed by atoms with E-state index >= 15 is 0 Å². The molecule has 0 saturated heterocycles. The minimum absolute atomic E-state index is 0.0248. The SMILES string of the molecule is COc1cc2c(c(O)c1O)C(=O)C[C@H](c1ccc(O)c(O)c1)O2. The highest BCUT2D eigenvalue weighted by atomic mass is 16.5. The molecule has 0 aliphatic carbocycles. The zero-order valence-electron chi connectivity index (χ0n) is 12.1. The Morgan fingerprint density at radius 3 is 2.48 bits per heavy atom. The van der Waals surface area contributed by atoms with Crippen molar-refractivity contribution in [3.63, 3.8) is 0 Å². The third-order valence-corrected chi connectivity index (χ3v) is 3.71. The number of phenolic OH excluding ortho intramolecular Hbond substituents is 4. The normalized spacial score (nSPS) is 16.6. The van der Waals surface area contributed by atoms with Crippen LogP contribution < -0.4 is 9.47 Å². The van der Waals surface area contributed by atoms with Crippen molar-refractivity contribution >= 4 is 5.78 Å². The van der Waals surface area contributed by atoms with Gasteiger partial charge in [-0.3, -0.25) is 4.79 Å². The number of aromatic hydroxyl groups is 4. The number of methoxy groups -OCH3 is 1. The number of benzene rings is 2. The second-order valence-corrected chi connectivity index (χ2v) is 5.13. The molecule has 0 saturated carbocycles.